The highest BCUT2D eigenvalue weighted by Gasteiger charge is 2.23. The summed E-state index contributed by atoms with van der Waals surface area (Å²) in [6, 6.07) is -0.920. The van der Waals surface area contributed by atoms with E-state index in [4.69, 9.17) is 9.05 Å². The molecule has 3 atom stereocenters. The number of rotatable bonds is 57. The Hall–Kier alpha value is -3.36. The van der Waals surface area contributed by atoms with E-state index in [0.29, 0.717) is 17.4 Å². The van der Waals surface area contributed by atoms with Crippen LogP contribution >= 0.6 is 7.82 Å². The van der Waals surface area contributed by atoms with Gasteiger partial charge in [-0.05, 0) is 109 Å². The Balaban J connectivity index is 4.18. The van der Waals surface area contributed by atoms with Gasteiger partial charge in [0.05, 0.1) is 39.9 Å². The van der Waals surface area contributed by atoms with E-state index in [1.807, 2.05) is 27.2 Å². The minimum absolute atomic E-state index is 0.0151. The summed E-state index contributed by atoms with van der Waals surface area (Å²) in [6.07, 6.45) is 89.8. The minimum Gasteiger partial charge on any atom is -0.756 e. The van der Waals surface area contributed by atoms with Gasteiger partial charge in [0, 0.05) is 6.42 Å². The van der Waals surface area contributed by atoms with Gasteiger partial charge in [-0.15, -0.1) is 0 Å². The molecule has 0 heterocycles. The highest BCUT2D eigenvalue weighted by molar-refractivity contribution is 7.45. The number of amides is 1. The second-order valence-electron chi connectivity index (χ2n) is 22.4. The third-order valence-corrected chi connectivity index (χ3v) is 14.5. The molecule has 79 heavy (non-hydrogen) atoms. The number of phosphoric acid groups is 1. The SMILES string of the molecule is CC/C=C\C/C=C\C/C=C\C/C=C\C/C=C\C/C=C\C/C=C\C/C=C\CCCCCCCCCCCCCCC(=O)NC(COP(=O)([O-])OCC[N+](C)(C)C)C(O)/C=C/CC/C=C/CC/C=C/CCCCCCCCCCCC. The Labute approximate surface area is 487 Å². The summed E-state index contributed by atoms with van der Waals surface area (Å²) in [6.45, 7) is 4.50. The van der Waals surface area contributed by atoms with Crippen LogP contribution in [0.1, 0.15) is 251 Å². The Bertz CT molecular complexity index is 1750. The molecule has 0 aliphatic carbocycles. The fourth-order valence-corrected chi connectivity index (χ4v) is 9.34. The van der Waals surface area contributed by atoms with Crippen molar-refractivity contribution >= 4 is 13.7 Å². The molecule has 0 aromatic rings. The summed E-state index contributed by atoms with van der Waals surface area (Å²) in [5.74, 6) is -0.218. The molecule has 0 aromatic heterocycles. The number of carbonyl (C=O) groups is 1. The van der Waals surface area contributed by atoms with Crippen molar-refractivity contribution in [1.82, 2.24) is 5.32 Å². The zero-order valence-corrected chi connectivity index (χ0v) is 52.4. The Kier molecular flexibility index (Phi) is 56.7. The average molecular weight is 1120 g/mol. The first-order valence-corrected chi connectivity index (χ1v) is 33.5. The smallest absolute Gasteiger partial charge is 0.268 e. The van der Waals surface area contributed by atoms with Crippen molar-refractivity contribution in [2.75, 3.05) is 40.9 Å². The van der Waals surface area contributed by atoms with Gasteiger partial charge in [0.25, 0.3) is 7.82 Å². The second kappa shape index (κ2) is 59.3. The number of aliphatic hydroxyl groups excluding tert-OH is 1. The quantitative estimate of drug-likeness (QED) is 0.0272. The van der Waals surface area contributed by atoms with Crippen LogP contribution in [0.4, 0.5) is 0 Å². The highest BCUT2D eigenvalue weighted by atomic mass is 31.2. The molecule has 0 saturated carbocycles. The topological polar surface area (TPSA) is 108 Å². The Morgan fingerprint density at radius 3 is 1.18 bits per heavy atom. The fourth-order valence-electron chi connectivity index (χ4n) is 8.61. The molecule has 9 heteroatoms. The largest absolute Gasteiger partial charge is 0.756 e. The van der Waals surface area contributed by atoms with Gasteiger partial charge in [-0.3, -0.25) is 9.36 Å². The number of nitrogens with one attached hydrogen (secondary N) is 1. The van der Waals surface area contributed by atoms with Gasteiger partial charge in [0.2, 0.25) is 5.91 Å². The number of nitrogens with zero attached hydrogens (tertiary/aromatic N) is 1. The van der Waals surface area contributed by atoms with Crippen LogP contribution in [0.15, 0.2) is 134 Å². The lowest BCUT2D eigenvalue weighted by molar-refractivity contribution is -0.870. The van der Waals surface area contributed by atoms with E-state index in [1.54, 1.807) is 6.08 Å². The standard InChI is InChI=1S/C70H121N2O6P/c1-6-8-10-12-14-16-18-20-22-24-26-28-29-30-31-32-33-34-35-36-37-38-39-40-41-42-43-44-46-48-50-52-54-56-58-60-62-64-70(74)71-68(67-78-79(75,76)77-66-65-72(3,4)5)69(73)63-61-59-57-55-53-51-49-47-45-27-25-23-21-19-17-15-13-11-9-7-2/h8,10,14,16,20,22,26,28,30-31,33-34,36-37,39-40,45,47,53,55,61,63,68-69,73H,6-7,9,11-13,15,17-19,21,23-25,27,29,32,35,38,41-44,46,48-52,54,56-60,62,64-67H2,1-5H3,(H-,71,74,75,76)/b10-8-,16-14-,22-20-,28-26-,31-30-,34-33-,37-36-,40-39-,47-45+,55-53+,63-61+. The summed E-state index contributed by atoms with van der Waals surface area (Å²) >= 11 is 0. The maximum absolute atomic E-state index is 13.0. The first kappa shape index (κ1) is 75.6. The first-order valence-electron chi connectivity index (χ1n) is 32.0. The summed E-state index contributed by atoms with van der Waals surface area (Å²) < 4.78 is 23.4. The Morgan fingerprint density at radius 1 is 0.456 bits per heavy atom. The van der Waals surface area contributed by atoms with E-state index in [1.165, 1.54) is 135 Å². The summed E-state index contributed by atoms with van der Waals surface area (Å²) in [5, 5.41) is 13.9. The van der Waals surface area contributed by atoms with Crippen LogP contribution in [-0.2, 0) is 18.4 Å². The number of quaternary nitrogens is 1. The van der Waals surface area contributed by atoms with Crippen LogP contribution in [0.5, 0.6) is 0 Å². The van der Waals surface area contributed by atoms with Crippen LogP contribution in [-0.4, -0.2) is 68.5 Å². The van der Waals surface area contributed by atoms with Gasteiger partial charge in [-0.2, -0.15) is 0 Å². The molecule has 0 aliphatic rings. The number of hydrogen-bond donors (Lipinski definition) is 2. The van der Waals surface area contributed by atoms with Crippen molar-refractivity contribution in [1.29, 1.82) is 0 Å². The Morgan fingerprint density at radius 2 is 0.785 bits per heavy atom. The molecule has 1 amide bonds. The number of likely N-dealkylation sites (N-methyl/N-ethyl adjacent to an activating group) is 1. The van der Waals surface area contributed by atoms with Gasteiger partial charge in [0.15, 0.2) is 0 Å². The monoisotopic (exact) mass is 1120 g/mol. The number of hydrogen-bond acceptors (Lipinski definition) is 6. The predicted octanol–water partition coefficient (Wildman–Crippen LogP) is 19.6. The van der Waals surface area contributed by atoms with Gasteiger partial charge < -0.3 is 28.8 Å². The lowest BCUT2D eigenvalue weighted by atomic mass is 10.0. The molecule has 0 aromatic carbocycles. The van der Waals surface area contributed by atoms with Crippen molar-refractivity contribution in [2.45, 2.75) is 264 Å². The zero-order valence-electron chi connectivity index (χ0n) is 51.5. The maximum atomic E-state index is 13.0. The van der Waals surface area contributed by atoms with E-state index in [2.05, 4.69) is 141 Å². The van der Waals surface area contributed by atoms with Gasteiger partial charge >= 0.3 is 0 Å². The van der Waals surface area contributed by atoms with Crippen molar-refractivity contribution in [2.24, 2.45) is 0 Å². The lowest BCUT2D eigenvalue weighted by Crippen LogP contribution is -2.45. The average Bonchev–Trinajstić information content (AvgIpc) is 3.42. The summed E-state index contributed by atoms with van der Waals surface area (Å²) in [5.41, 5.74) is 0. The van der Waals surface area contributed by atoms with Gasteiger partial charge in [-0.1, -0.05) is 270 Å². The van der Waals surface area contributed by atoms with Gasteiger partial charge in [0.1, 0.15) is 13.2 Å². The highest BCUT2D eigenvalue weighted by Crippen LogP contribution is 2.38. The number of unbranched alkanes of at least 4 members (excludes halogenated alkanes) is 24. The van der Waals surface area contributed by atoms with Crippen LogP contribution in [0.25, 0.3) is 0 Å². The third-order valence-electron chi connectivity index (χ3n) is 13.6. The van der Waals surface area contributed by atoms with Crippen LogP contribution in [0.2, 0.25) is 0 Å². The van der Waals surface area contributed by atoms with Crippen LogP contribution in [0.3, 0.4) is 0 Å². The number of phosphoric ester groups is 1. The van der Waals surface area contributed by atoms with E-state index in [0.717, 1.165) is 96.3 Å². The van der Waals surface area contributed by atoms with E-state index >= 15 is 0 Å². The number of allylic oxidation sites excluding steroid dienone is 21. The lowest BCUT2D eigenvalue weighted by Gasteiger charge is -2.29. The molecule has 0 saturated heterocycles. The molecule has 0 radical (unpaired) electrons. The normalized spacial score (nSPS) is 14.7. The van der Waals surface area contributed by atoms with Crippen molar-refractivity contribution < 1.29 is 32.9 Å². The molecule has 3 unspecified atom stereocenters. The van der Waals surface area contributed by atoms with Gasteiger partial charge in [-0.25, -0.2) is 0 Å². The molecule has 0 rings (SSSR count). The van der Waals surface area contributed by atoms with Crippen LogP contribution in [0, 0.1) is 0 Å². The first-order chi connectivity index (χ1) is 38.5. The summed E-state index contributed by atoms with van der Waals surface area (Å²) in [7, 11) is 1.22. The molecule has 0 fully saturated rings. The van der Waals surface area contributed by atoms with E-state index < -0.39 is 26.6 Å². The molecular formula is C70H121N2O6P. The molecule has 452 valence electrons. The fraction of sp³-hybridized carbons (Fsp3) is 0.671. The predicted molar refractivity (Wildman–Crippen MR) is 343 cm³/mol. The molecule has 0 spiro atoms. The van der Waals surface area contributed by atoms with Crippen molar-refractivity contribution in [3.05, 3.63) is 134 Å². The molecule has 8 nitrogen and oxygen atoms in total. The third kappa shape index (κ3) is 62.1. The molecule has 0 aliphatic heterocycles. The van der Waals surface area contributed by atoms with Crippen molar-refractivity contribution in [3.8, 4) is 0 Å². The molecule has 2 N–H and O–H groups in total. The minimum atomic E-state index is -4.62. The molecular weight excluding hydrogens is 996 g/mol. The number of aliphatic hydroxyl groups is 1. The molecule has 0 bridgehead atoms. The van der Waals surface area contributed by atoms with Crippen LogP contribution < -0.4 is 10.2 Å². The van der Waals surface area contributed by atoms with E-state index in [9.17, 15) is 19.4 Å². The second-order valence-corrected chi connectivity index (χ2v) is 23.8. The number of carbonyl (C=O) groups excluding carboxylic acids is 1. The maximum Gasteiger partial charge on any atom is 0.268 e. The van der Waals surface area contributed by atoms with E-state index in [-0.39, 0.29) is 12.5 Å². The zero-order chi connectivity index (χ0) is 57.7. The summed E-state index contributed by atoms with van der Waals surface area (Å²) in [4.78, 5) is 25.6. The van der Waals surface area contributed by atoms with Crippen molar-refractivity contribution in [3.63, 3.8) is 0 Å².